The van der Waals surface area contributed by atoms with Crippen LogP contribution in [0.15, 0.2) is 0 Å². The summed E-state index contributed by atoms with van der Waals surface area (Å²) in [6.45, 7) is 6.56. The van der Waals surface area contributed by atoms with Gasteiger partial charge in [-0.05, 0) is 44.6 Å². The molecule has 2 atom stereocenters. The molecule has 0 aromatic rings. The van der Waals surface area contributed by atoms with E-state index in [4.69, 9.17) is 4.74 Å². The van der Waals surface area contributed by atoms with Crippen LogP contribution in [0.2, 0.25) is 0 Å². The van der Waals surface area contributed by atoms with Crippen molar-refractivity contribution in [2.75, 3.05) is 20.3 Å². The van der Waals surface area contributed by atoms with Gasteiger partial charge in [0.1, 0.15) is 0 Å². The first-order chi connectivity index (χ1) is 6.74. The molecule has 2 unspecified atom stereocenters. The fourth-order valence-electron chi connectivity index (χ4n) is 2.26. The second kappa shape index (κ2) is 6.41. The number of hydrogen-bond donors (Lipinski definition) is 1. The number of rotatable bonds is 5. The highest BCUT2D eigenvalue weighted by molar-refractivity contribution is 4.72. The van der Waals surface area contributed by atoms with E-state index in [1.54, 1.807) is 0 Å². The quantitative estimate of drug-likeness (QED) is 0.734. The molecule has 1 aliphatic heterocycles. The van der Waals surface area contributed by atoms with Gasteiger partial charge in [0.2, 0.25) is 0 Å². The van der Waals surface area contributed by atoms with Crippen molar-refractivity contribution in [2.45, 2.75) is 45.6 Å². The maximum atomic E-state index is 5.49. The molecule has 1 heterocycles. The smallest absolute Gasteiger partial charge is 0.0494 e. The van der Waals surface area contributed by atoms with Crippen molar-refractivity contribution in [1.82, 2.24) is 5.32 Å². The fraction of sp³-hybridized carbons (Fsp3) is 1.00. The lowest BCUT2D eigenvalue weighted by Gasteiger charge is -2.26. The predicted molar refractivity (Wildman–Crippen MR) is 60.5 cm³/mol. The largest absolute Gasteiger partial charge is 0.381 e. The van der Waals surface area contributed by atoms with Crippen LogP contribution in [0.3, 0.4) is 0 Å². The second-order valence-corrected chi connectivity index (χ2v) is 4.80. The molecule has 0 aromatic carbocycles. The molecule has 1 saturated heterocycles. The Bertz CT molecular complexity index is 141. The first-order valence-electron chi connectivity index (χ1n) is 5.99. The van der Waals surface area contributed by atoms with E-state index in [1.807, 2.05) is 0 Å². The van der Waals surface area contributed by atoms with Gasteiger partial charge in [-0.25, -0.2) is 0 Å². The van der Waals surface area contributed by atoms with Crippen LogP contribution in [0.1, 0.15) is 39.5 Å². The van der Waals surface area contributed by atoms with E-state index in [2.05, 4.69) is 26.2 Å². The number of ether oxygens (including phenoxy) is 1. The Balaban J connectivity index is 2.16. The molecule has 0 saturated carbocycles. The average Bonchev–Trinajstić information content (AvgIpc) is 2.20. The highest BCUT2D eigenvalue weighted by atomic mass is 16.5. The molecule has 0 aliphatic carbocycles. The average molecular weight is 199 g/mol. The van der Waals surface area contributed by atoms with Crippen molar-refractivity contribution in [1.29, 1.82) is 0 Å². The van der Waals surface area contributed by atoms with E-state index in [0.29, 0.717) is 6.04 Å². The van der Waals surface area contributed by atoms with Crippen LogP contribution in [0, 0.1) is 11.8 Å². The third kappa shape index (κ3) is 3.97. The molecule has 84 valence electrons. The summed E-state index contributed by atoms with van der Waals surface area (Å²) in [6.07, 6.45) is 5.25. The van der Waals surface area contributed by atoms with Crippen molar-refractivity contribution in [2.24, 2.45) is 11.8 Å². The first kappa shape index (κ1) is 12.0. The van der Waals surface area contributed by atoms with E-state index in [1.165, 1.54) is 25.7 Å². The minimum absolute atomic E-state index is 0.678. The highest BCUT2D eigenvalue weighted by Crippen LogP contribution is 2.21. The van der Waals surface area contributed by atoms with E-state index in [9.17, 15) is 0 Å². The normalized spacial score (nSPS) is 25.3. The third-order valence-corrected chi connectivity index (χ3v) is 3.32. The predicted octanol–water partition coefficient (Wildman–Crippen LogP) is 2.44. The third-order valence-electron chi connectivity index (χ3n) is 3.32. The van der Waals surface area contributed by atoms with Crippen LogP contribution in [0.25, 0.3) is 0 Å². The molecule has 1 aliphatic rings. The summed E-state index contributed by atoms with van der Waals surface area (Å²) in [6, 6.07) is 0.678. The van der Waals surface area contributed by atoms with Gasteiger partial charge < -0.3 is 10.1 Å². The van der Waals surface area contributed by atoms with Crippen LogP contribution in [0.4, 0.5) is 0 Å². The molecule has 2 nitrogen and oxygen atoms in total. The van der Waals surface area contributed by atoms with Crippen LogP contribution in [-0.2, 0) is 4.74 Å². The summed E-state index contributed by atoms with van der Waals surface area (Å²) in [4.78, 5) is 0. The maximum absolute atomic E-state index is 5.49. The number of nitrogens with one attached hydrogen (secondary N) is 1. The van der Waals surface area contributed by atoms with Gasteiger partial charge in [0, 0.05) is 19.3 Å². The van der Waals surface area contributed by atoms with Crippen molar-refractivity contribution in [3.63, 3.8) is 0 Å². The standard InChI is InChI=1S/C12H25NO/c1-10(2)12(13-3)7-6-11-5-4-8-14-9-11/h10-13H,4-9H2,1-3H3. The minimum Gasteiger partial charge on any atom is -0.381 e. The lowest BCUT2D eigenvalue weighted by Crippen LogP contribution is -2.31. The Hall–Kier alpha value is -0.0800. The van der Waals surface area contributed by atoms with Crippen LogP contribution < -0.4 is 5.32 Å². The van der Waals surface area contributed by atoms with Gasteiger partial charge in [0.15, 0.2) is 0 Å². The molecule has 0 aromatic heterocycles. The van der Waals surface area contributed by atoms with Crippen molar-refractivity contribution in [3.8, 4) is 0 Å². The Labute approximate surface area is 88.4 Å². The summed E-state index contributed by atoms with van der Waals surface area (Å²) in [5, 5.41) is 3.40. The first-order valence-corrected chi connectivity index (χ1v) is 5.99. The summed E-state index contributed by atoms with van der Waals surface area (Å²) in [5.41, 5.74) is 0. The molecule has 0 bridgehead atoms. The summed E-state index contributed by atoms with van der Waals surface area (Å²) < 4.78 is 5.49. The van der Waals surface area contributed by atoms with Crippen LogP contribution in [-0.4, -0.2) is 26.3 Å². The van der Waals surface area contributed by atoms with Gasteiger partial charge in [-0.2, -0.15) is 0 Å². The lowest BCUT2D eigenvalue weighted by atomic mass is 9.91. The van der Waals surface area contributed by atoms with Crippen LogP contribution >= 0.6 is 0 Å². The Morgan fingerprint density at radius 3 is 2.71 bits per heavy atom. The van der Waals surface area contributed by atoms with Gasteiger partial charge >= 0.3 is 0 Å². The lowest BCUT2D eigenvalue weighted by molar-refractivity contribution is 0.0493. The SMILES string of the molecule is CNC(CCC1CCCOC1)C(C)C. The zero-order valence-corrected chi connectivity index (χ0v) is 9.88. The van der Waals surface area contributed by atoms with E-state index < -0.39 is 0 Å². The summed E-state index contributed by atoms with van der Waals surface area (Å²) in [5.74, 6) is 1.56. The Morgan fingerprint density at radius 2 is 2.21 bits per heavy atom. The molecule has 14 heavy (non-hydrogen) atoms. The van der Waals surface area contributed by atoms with Gasteiger partial charge in [-0.3, -0.25) is 0 Å². The summed E-state index contributed by atoms with van der Waals surface area (Å²) >= 11 is 0. The number of hydrogen-bond acceptors (Lipinski definition) is 2. The van der Waals surface area contributed by atoms with Crippen molar-refractivity contribution >= 4 is 0 Å². The molecular formula is C12H25NO. The topological polar surface area (TPSA) is 21.3 Å². The molecule has 0 radical (unpaired) electrons. The Kier molecular flexibility index (Phi) is 5.49. The van der Waals surface area contributed by atoms with E-state index in [-0.39, 0.29) is 0 Å². The van der Waals surface area contributed by atoms with Crippen LogP contribution in [0.5, 0.6) is 0 Å². The van der Waals surface area contributed by atoms with Crippen molar-refractivity contribution < 1.29 is 4.74 Å². The maximum Gasteiger partial charge on any atom is 0.0494 e. The molecule has 1 N–H and O–H groups in total. The molecule has 1 fully saturated rings. The fourth-order valence-corrected chi connectivity index (χ4v) is 2.26. The Morgan fingerprint density at radius 1 is 1.43 bits per heavy atom. The van der Waals surface area contributed by atoms with Crippen molar-refractivity contribution in [3.05, 3.63) is 0 Å². The van der Waals surface area contributed by atoms with Gasteiger partial charge in [0.05, 0.1) is 0 Å². The zero-order chi connectivity index (χ0) is 10.4. The molecule has 2 heteroatoms. The summed E-state index contributed by atoms with van der Waals surface area (Å²) in [7, 11) is 2.07. The van der Waals surface area contributed by atoms with E-state index in [0.717, 1.165) is 25.0 Å². The van der Waals surface area contributed by atoms with Gasteiger partial charge in [-0.1, -0.05) is 13.8 Å². The molecule has 0 spiro atoms. The highest BCUT2D eigenvalue weighted by Gasteiger charge is 2.17. The monoisotopic (exact) mass is 199 g/mol. The molecule has 0 amide bonds. The van der Waals surface area contributed by atoms with E-state index >= 15 is 0 Å². The molecule has 1 rings (SSSR count). The van der Waals surface area contributed by atoms with Gasteiger partial charge in [-0.15, -0.1) is 0 Å². The second-order valence-electron chi connectivity index (χ2n) is 4.80. The zero-order valence-electron chi connectivity index (χ0n) is 9.88. The molecular weight excluding hydrogens is 174 g/mol. The minimum atomic E-state index is 0.678. The van der Waals surface area contributed by atoms with Gasteiger partial charge in [0.25, 0.3) is 0 Å².